The number of alkyl carbamates (subject to hydrolysis) is 1. The molecule has 19 heteroatoms. The first-order valence-electron chi connectivity index (χ1n) is 20.3. The highest BCUT2D eigenvalue weighted by Gasteiger charge is 2.34. The third kappa shape index (κ3) is 16.8. The Kier molecular flexibility index (Phi) is 21.0. The summed E-state index contributed by atoms with van der Waals surface area (Å²) in [5, 5.41) is 16.9. The number of benzene rings is 2. The molecule has 0 saturated heterocycles. The van der Waals surface area contributed by atoms with E-state index in [2.05, 4.69) is 62.1 Å². The summed E-state index contributed by atoms with van der Waals surface area (Å²) >= 11 is 10.1. The number of H-pyrrole nitrogens is 1. The van der Waals surface area contributed by atoms with Crippen LogP contribution in [-0.4, -0.2) is 119 Å². The Morgan fingerprint density at radius 2 is 1.18 bits per heavy atom. The van der Waals surface area contributed by atoms with Crippen LogP contribution in [0.4, 0.5) is 4.79 Å². The highest BCUT2D eigenvalue weighted by atomic mass is 32.2. The first-order chi connectivity index (χ1) is 29.4. The molecular formula is C43H61N7O9S3. The molecule has 6 amide bonds. The first kappa shape index (κ1) is 51.5. The minimum atomic E-state index is -1.30. The number of carbonyl (C=O) groups is 7. The zero-order chi connectivity index (χ0) is 46.0. The maximum absolute atomic E-state index is 14.3. The van der Waals surface area contributed by atoms with Crippen molar-refractivity contribution in [2.24, 2.45) is 5.92 Å². The van der Waals surface area contributed by atoms with Crippen LogP contribution in [0.15, 0.2) is 60.8 Å². The molecule has 1 aromatic heterocycles. The molecule has 0 aliphatic rings. The molecule has 1 heterocycles. The Balaban J connectivity index is 1.90. The fourth-order valence-electron chi connectivity index (χ4n) is 6.32. The molecule has 0 unspecified atom stereocenters. The van der Waals surface area contributed by atoms with Crippen molar-refractivity contribution in [2.75, 3.05) is 30.6 Å². The van der Waals surface area contributed by atoms with E-state index in [1.165, 1.54) is 18.9 Å². The maximum atomic E-state index is 14.3. The normalized spacial score (nSPS) is 14.3. The molecule has 0 spiro atoms. The lowest BCUT2D eigenvalue weighted by atomic mass is 10.00. The fraction of sp³-hybridized carbons (Fsp3) is 0.512. The molecule has 0 bridgehead atoms. The SMILES string of the molecule is COC(=O)[C@H](CCSC)NC(=O)[C@H](CC(C)C)NC(=O)[C@H](Cc1c[nH]c2ccccc12)NC(=O)[C@H](CS)NC(=O)[C@H](Cc1ccccc1)NC(=O)[C@H](CS)NC(=O)OC(C)(C)C. The lowest BCUT2D eigenvalue weighted by molar-refractivity contribution is -0.145. The number of para-hydroxylation sites is 1. The lowest BCUT2D eigenvalue weighted by Gasteiger charge is -2.28. The van der Waals surface area contributed by atoms with E-state index in [0.717, 1.165) is 10.9 Å². The minimum Gasteiger partial charge on any atom is -0.467 e. The number of nitrogens with one attached hydrogen (secondary N) is 7. The van der Waals surface area contributed by atoms with Crippen LogP contribution in [0.3, 0.4) is 0 Å². The first-order valence-corrected chi connectivity index (χ1v) is 22.9. The number of thioether (sulfide) groups is 1. The molecule has 340 valence electrons. The fourth-order valence-corrected chi connectivity index (χ4v) is 7.30. The van der Waals surface area contributed by atoms with Gasteiger partial charge in [0.25, 0.3) is 0 Å². The number of fused-ring (bicyclic) bond motifs is 1. The number of esters is 1. The van der Waals surface area contributed by atoms with Gasteiger partial charge in [-0.25, -0.2) is 9.59 Å². The Labute approximate surface area is 378 Å². The number of ether oxygens (including phenoxy) is 2. The van der Waals surface area contributed by atoms with Crippen molar-refractivity contribution in [3.63, 3.8) is 0 Å². The number of hydrogen-bond acceptors (Lipinski definition) is 12. The highest BCUT2D eigenvalue weighted by molar-refractivity contribution is 7.98. The molecule has 7 N–H and O–H groups in total. The van der Waals surface area contributed by atoms with Crippen molar-refractivity contribution in [2.45, 2.75) is 102 Å². The van der Waals surface area contributed by atoms with Gasteiger partial charge >= 0.3 is 12.1 Å². The van der Waals surface area contributed by atoms with Gasteiger partial charge in [-0.2, -0.15) is 37.0 Å². The van der Waals surface area contributed by atoms with Crippen LogP contribution >= 0.6 is 37.0 Å². The number of aromatic nitrogens is 1. The van der Waals surface area contributed by atoms with E-state index in [9.17, 15) is 33.6 Å². The second-order valence-corrected chi connectivity index (χ2v) is 17.8. The summed E-state index contributed by atoms with van der Waals surface area (Å²) in [6.45, 7) is 8.79. The Hall–Kier alpha value is -4.88. The number of amides is 6. The zero-order valence-electron chi connectivity index (χ0n) is 36.2. The van der Waals surface area contributed by atoms with Gasteiger partial charge in [-0.1, -0.05) is 62.4 Å². The summed E-state index contributed by atoms with van der Waals surface area (Å²) in [6.07, 6.45) is 3.29. The van der Waals surface area contributed by atoms with Gasteiger partial charge in [0.05, 0.1) is 7.11 Å². The predicted molar refractivity (Wildman–Crippen MR) is 247 cm³/mol. The summed E-state index contributed by atoms with van der Waals surface area (Å²) < 4.78 is 10.2. The molecular weight excluding hydrogens is 855 g/mol. The molecule has 3 rings (SSSR count). The molecule has 16 nitrogen and oxygen atoms in total. The molecule has 0 aliphatic carbocycles. The molecule has 2 aromatic carbocycles. The Morgan fingerprint density at radius 3 is 1.74 bits per heavy atom. The van der Waals surface area contributed by atoms with Gasteiger partial charge in [-0.15, -0.1) is 0 Å². The molecule has 3 aromatic rings. The second-order valence-electron chi connectivity index (χ2n) is 16.1. The summed E-state index contributed by atoms with van der Waals surface area (Å²) in [5.74, 6) is -3.90. The van der Waals surface area contributed by atoms with Crippen LogP contribution < -0.4 is 31.9 Å². The molecule has 0 saturated carbocycles. The van der Waals surface area contributed by atoms with E-state index in [4.69, 9.17) is 9.47 Å². The van der Waals surface area contributed by atoms with E-state index in [0.29, 0.717) is 23.3 Å². The van der Waals surface area contributed by atoms with E-state index in [1.807, 2.05) is 44.4 Å². The monoisotopic (exact) mass is 915 g/mol. The van der Waals surface area contributed by atoms with Gasteiger partial charge in [0.2, 0.25) is 29.5 Å². The summed E-state index contributed by atoms with van der Waals surface area (Å²) in [6, 6.07) is 9.34. The third-order valence-corrected chi connectivity index (χ3v) is 10.8. The van der Waals surface area contributed by atoms with E-state index in [1.54, 1.807) is 57.3 Å². The van der Waals surface area contributed by atoms with Crippen LogP contribution in [0.1, 0.15) is 58.6 Å². The molecule has 0 aliphatic heterocycles. The maximum Gasteiger partial charge on any atom is 0.408 e. The van der Waals surface area contributed by atoms with Crippen molar-refractivity contribution in [1.29, 1.82) is 0 Å². The Bertz CT molecular complexity index is 1980. The number of carbonyl (C=O) groups excluding carboxylic acids is 7. The molecule has 6 atom stereocenters. The Morgan fingerprint density at radius 1 is 0.677 bits per heavy atom. The van der Waals surface area contributed by atoms with Gasteiger partial charge in [-0.05, 0) is 68.7 Å². The van der Waals surface area contributed by atoms with E-state index in [-0.39, 0.29) is 36.7 Å². The lowest BCUT2D eigenvalue weighted by Crippen LogP contribution is -2.60. The van der Waals surface area contributed by atoms with Crippen LogP contribution in [0.25, 0.3) is 10.9 Å². The van der Waals surface area contributed by atoms with Crippen LogP contribution in [-0.2, 0) is 51.1 Å². The average Bonchev–Trinajstić information content (AvgIpc) is 3.63. The summed E-state index contributed by atoms with van der Waals surface area (Å²) in [5.41, 5.74) is 1.37. The zero-order valence-corrected chi connectivity index (χ0v) is 38.8. The average molecular weight is 916 g/mol. The minimum absolute atomic E-state index is 0.00813. The van der Waals surface area contributed by atoms with Gasteiger partial charge in [0.15, 0.2) is 0 Å². The van der Waals surface area contributed by atoms with Crippen molar-refractivity contribution < 1.29 is 43.0 Å². The topological polar surface area (TPSA) is 226 Å². The van der Waals surface area contributed by atoms with Crippen molar-refractivity contribution >= 4 is 89.5 Å². The smallest absolute Gasteiger partial charge is 0.408 e. The van der Waals surface area contributed by atoms with Crippen LogP contribution in [0, 0.1) is 5.92 Å². The highest BCUT2D eigenvalue weighted by Crippen LogP contribution is 2.20. The number of hydrogen-bond donors (Lipinski definition) is 9. The van der Waals surface area contributed by atoms with Gasteiger partial charge < -0.3 is 46.4 Å². The molecule has 0 radical (unpaired) electrons. The predicted octanol–water partition coefficient (Wildman–Crippen LogP) is 3.10. The summed E-state index contributed by atoms with van der Waals surface area (Å²) in [7, 11) is 1.23. The number of thiol groups is 2. The van der Waals surface area contributed by atoms with Crippen LogP contribution in [0.5, 0.6) is 0 Å². The largest absolute Gasteiger partial charge is 0.467 e. The third-order valence-electron chi connectivity index (χ3n) is 9.41. The van der Waals surface area contributed by atoms with E-state index >= 15 is 0 Å². The van der Waals surface area contributed by atoms with E-state index < -0.39 is 83.5 Å². The van der Waals surface area contributed by atoms with Crippen molar-refractivity contribution in [3.05, 3.63) is 71.9 Å². The quantitative estimate of drug-likeness (QED) is 0.0500. The van der Waals surface area contributed by atoms with Crippen LogP contribution in [0.2, 0.25) is 0 Å². The summed E-state index contributed by atoms with van der Waals surface area (Å²) in [4.78, 5) is 97.8. The molecule has 0 fully saturated rings. The second kappa shape index (κ2) is 25.3. The number of rotatable bonds is 23. The van der Waals surface area contributed by atoms with Crippen molar-refractivity contribution in [1.82, 2.24) is 36.9 Å². The van der Waals surface area contributed by atoms with Crippen molar-refractivity contribution in [3.8, 4) is 0 Å². The number of aromatic amines is 1. The molecule has 62 heavy (non-hydrogen) atoms. The standard InChI is InChI=1S/C43H61N7O9S3/c1-25(2)19-31(36(51)45-30(17-18-62-7)41(56)58-6)46-38(53)33(21-27-22-44-29-16-12-11-15-28(27)29)48-39(54)34(23-60)49-37(52)32(20-26-13-9-8-10-14-26)47-40(55)35(24-61)50-42(57)59-43(3,4)5/h8-16,22,25,30-35,44,60-61H,17-21,23-24H2,1-7H3,(H,45,51)(H,46,53)(H,47,55)(H,48,54)(H,49,52)(H,50,57)/t30-,31-,32-,33-,34-,35-/m0/s1. The van der Waals surface area contributed by atoms with Gasteiger partial charge in [0.1, 0.15) is 41.9 Å². The van der Waals surface area contributed by atoms with Gasteiger partial charge in [-0.3, -0.25) is 24.0 Å². The number of methoxy groups -OCH3 is 1. The van der Waals surface area contributed by atoms with Gasteiger partial charge in [0, 0.05) is 41.4 Å².